The van der Waals surface area contributed by atoms with Crippen LogP contribution in [0, 0.1) is 20.8 Å². The maximum Gasteiger partial charge on any atom is 0.294 e. The molecule has 2 saturated heterocycles. The van der Waals surface area contributed by atoms with Gasteiger partial charge in [0, 0.05) is 18.8 Å². The van der Waals surface area contributed by atoms with Gasteiger partial charge in [0.25, 0.3) is 17.1 Å². The van der Waals surface area contributed by atoms with Gasteiger partial charge < -0.3 is 24.4 Å². The molecule has 206 valence electrons. The summed E-state index contributed by atoms with van der Waals surface area (Å²) in [6.45, 7) is 7.30. The van der Waals surface area contributed by atoms with E-state index in [1.165, 1.54) is 7.11 Å². The zero-order valence-electron chi connectivity index (χ0n) is 22.4. The van der Waals surface area contributed by atoms with Crippen molar-refractivity contribution < 1.29 is 33.4 Å². The average Bonchev–Trinajstić information content (AvgIpc) is 3.17. The Morgan fingerprint density at radius 3 is 2.41 bits per heavy atom. The fourth-order valence-corrected chi connectivity index (χ4v) is 5.26. The fourth-order valence-electron chi connectivity index (χ4n) is 4.42. The van der Waals surface area contributed by atoms with Crippen molar-refractivity contribution in [3.8, 4) is 11.5 Å². The molecule has 4 rings (SSSR count). The second kappa shape index (κ2) is 12.4. The van der Waals surface area contributed by atoms with Gasteiger partial charge in [-0.05, 0) is 67.4 Å². The maximum absolute atomic E-state index is 13.0. The van der Waals surface area contributed by atoms with E-state index in [1.54, 1.807) is 29.2 Å². The molecule has 0 spiro atoms. The minimum Gasteiger partial charge on any atom is -0.493 e. The number of benzene rings is 2. The number of thioether (sulfide) groups is 1. The average molecular weight is 554 g/mol. The van der Waals surface area contributed by atoms with Gasteiger partial charge in [-0.25, -0.2) is 0 Å². The van der Waals surface area contributed by atoms with Gasteiger partial charge in [0.05, 0.1) is 25.2 Å². The molecule has 2 aromatic carbocycles. The number of nitrogens with one attached hydrogen (secondary N) is 1. The van der Waals surface area contributed by atoms with Gasteiger partial charge >= 0.3 is 0 Å². The Kier molecular flexibility index (Phi) is 8.93. The number of hydrogen-bond donors (Lipinski definition) is 1. The highest BCUT2D eigenvalue weighted by Crippen LogP contribution is 2.34. The zero-order valence-corrected chi connectivity index (χ0v) is 23.2. The normalized spacial score (nSPS) is 16.6. The number of anilines is 1. The summed E-state index contributed by atoms with van der Waals surface area (Å²) in [6.07, 6.45) is 1.56. The van der Waals surface area contributed by atoms with E-state index in [0.29, 0.717) is 49.1 Å². The molecular formula is C28H31N3O7S. The molecule has 0 radical (unpaired) electrons. The third-order valence-corrected chi connectivity index (χ3v) is 7.22. The van der Waals surface area contributed by atoms with Gasteiger partial charge in [0.15, 0.2) is 18.1 Å². The van der Waals surface area contributed by atoms with Crippen molar-refractivity contribution in [3.63, 3.8) is 0 Å². The minimum absolute atomic E-state index is 0.141. The molecule has 2 aliphatic rings. The molecule has 11 heteroatoms. The largest absolute Gasteiger partial charge is 0.493 e. The third-order valence-electron chi connectivity index (χ3n) is 6.32. The molecule has 0 aromatic heterocycles. The molecular weight excluding hydrogens is 522 g/mol. The molecule has 2 fully saturated rings. The van der Waals surface area contributed by atoms with Gasteiger partial charge in [-0.15, -0.1) is 0 Å². The highest BCUT2D eigenvalue weighted by atomic mass is 32.2. The number of ether oxygens (including phenoxy) is 3. The summed E-state index contributed by atoms with van der Waals surface area (Å²) in [4.78, 5) is 53.4. The molecule has 0 unspecified atom stereocenters. The first-order valence-electron chi connectivity index (χ1n) is 12.5. The number of amides is 4. The Balaban J connectivity index is 1.40. The fraction of sp³-hybridized carbons (Fsp3) is 0.357. The Morgan fingerprint density at radius 1 is 1.05 bits per heavy atom. The number of rotatable bonds is 8. The summed E-state index contributed by atoms with van der Waals surface area (Å²) in [5.41, 5.74) is 4.16. The number of aryl methyl sites for hydroxylation is 3. The van der Waals surface area contributed by atoms with Crippen LogP contribution in [0.1, 0.15) is 22.3 Å². The molecule has 2 aliphatic heterocycles. The first kappa shape index (κ1) is 28.2. The first-order chi connectivity index (χ1) is 18.7. The molecule has 1 N–H and O–H groups in total. The summed E-state index contributed by atoms with van der Waals surface area (Å²) in [7, 11) is 1.47. The van der Waals surface area contributed by atoms with Crippen molar-refractivity contribution in [3.05, 3.63) is 57.5 Å². The Morgan fingerprint density at radius 2 is 1.74 bits per heavy atom. The molecule has 0 saturated carbocycles. The van der Waals surface area contributed by atoms with Gasteiger partial charge in [-0.2, -0.15) is 0 Å². The van der Waals surface area contributed by atoms with Crippen LogP contribution in [0.4, 0.5) is 10.5 Å². The van der Waals surface area contributed by atoms with Gasteiger partial charge in [0.2, 0.25) is 5.91 Å². The van der Waals surface area contributed by atoms with E-state index in [9.17, 15) is 19.2 Å². The standard InChI is InChI=1S/C28H31N3O7S/c1-17-11-18(2)26(19(3)12-17)29-24(32)15-31-27(34)23(39-28(31)35)14-20-5-6-21(22(13-20)36-4)38-16-25(33)30-7-9-37-10-8-30/h5-6,11-14H,7-10,15-16H2,1-4H3,(H,29,32)/b23-14-. The van der Waals surface area contributed by atoms with Gasteiger partial charge in [0.1, 0.15) is 6.54 Å². The summed E-state index contributed by atoms with van der Waals surface area (Å²) in [5.74, 6) is -0.394. The molecule has 0 atom stereocenters. The van der Waals surface area contributed by atoms with E-state index < -0.39 is 17.1 Å². The van der Waals surface area contributed by atoms with E-state index in [1.807, 2.05) is 32.9 Å². The molecule has 0 aliphatic carbocycles. The van der Waals surface area contributed by atoms with Crippen molar-refractivity contribution >= 4 is 46.5 Å². The Labute approximate surface area is 231 Å². The number of carbonyl (C=O) groups excluding carboxylic acids is 4. The Hall–Kier alpha value is -3.83. The maximum atomic E-state index is 13.0. The van der Waals surface area contributed by atoms with Crippen molar-refractivity contribution in [1.29, 1.82) is 0 Å². The van der Waals surface area contributed by atoms with E-state index in [4.69, 9.17) is 14.2 Å². The predicted molar refractivity (Wildman–Crippen MR) is 148 cm³/mol. The number of morpholine rings is 1. The van der Waals surface area contributed by atoms with Crippen LogP contribution in [-0.2, 0) is 19.1 Å². The topological polar surface area (TPSA) is 114 Å². The summed E-state index contributed by atoms with van der Waals surface area (Å²) >= 11 is 0.767. The second-order valence-electron chi connectivity index (χ2n) is 9.28. The van der Waals surface area contributed by atoms with Crippen molar-refractivity contribution in [2.45, 2.75) is 20.8 Å². The van der Waals surface area contributed by atoms with Crippen LogP contribution in [0.15, 0.2) is 35.2 Å². The van der Waals surface area contributed by atoms with E-state index in [-0.39, 0.29) is 24.0 Å². The van der Waals surface area contributed by atoms with Crippen LogP contribution in [0.5, 0.6) is 11.5 Å². The van der Waals surface area contributed by atoms with Gasteiger partial charge in [-0.1, -0.05) is 23.8 Å². The lowest BCUT2D eigenvalue weighted by Crippen LogP contribution is -2.43. The van der Waals surface area contributed by atoms with E-state index >= 15 is 0 Å². The SMILES string of the molecule is COc1cc(/C=C2\SC(=O)N(CC(=O)Nc3c(C)cc(C)cc3C)C2=O)ccc1OCC(=O)N1CCOCC1. The molecule has 39 heavy (non-hydrogen) atoms. The molecule has 2 aromatic rings. The lowest BCUT2D eigenvalue weighted by atomic mass is 10.1. The van der Waals surface area contributed by atoms with Crippen LogP contribution >= 0.6 is 11.8 Å². The van der Waals surface area contributed by atoms with Crippen LogP contribution in [0.25, 0.3) is 6.08 Å². The summed E-state index contributed by atoms with van der Waals surface area (Å²) < 4.78 is 16.4. The van der Waals surface area contributed by atoms with Crippen molar-refractivity contribution in [2.24, 2.45) is 0 Å². The quantitative estimate of drug-likeness (QED) is 0.494. The predicted octanol–water partition coefficient (Wildman–Crippen LogP) is 3.53. The van der Waals surface area contributed by atoms with Gasteiger partial charge in [-0.3, -0.25) is 24.1 Å². The van der Waals surface area contributed by atoms with E-state index in [2.05, 4.69) is 5.32 Å². The summed E-state index contributed by atoms with van der Waals surface area (Å²) in [6, 6.07) is 8.90. The molecule has 10 nitrogen and oxygen atoms in total. The number of methoxy groups -OCH3 is 1. The van der Waals surface area contributed by atoms with Crippen LogP contribution < -0.4 is 14.8 Å². The molecule has 2 heterocycles. The number of imide groups is 1. The number of hydrogen-bond acceptors (Lipinski definition) is 8. The second-order valence-corrected chi connectivity index (χ2v) is 10.3. The van der Waals surface area contributed by atoms with Crippen LogP contribution in [0.3, 0.4) is 0 Å². The van der Waals surface area contributed by atoms with Crippen molar-refractivity contribution in [1.82, 2.24) is 9.80 Å². The highest BCUT2D eigenvalue weighted by Gasteiger charge is 2.36. The first-order valence-corrected chi connectivity index (χ1v) is 13.3. The molecule has 4 amide bonds. The molecule has 0 bridgehead atoms. The highest BCUT2D eigenvalue weighted by molar-refractivity contribution is 8.18. The monoisotopic (exact) mass is 553 g/mol. The van der Waals surface area contributed by atoms with Crippen molar-refractivity contribution in [2.75, 3.05) is 51.9 Å². The van der Waals surface area contributed by atoms with Crippen LogP contribution in [0.2, 0.25) is 0 Å². The third kappa shape index (κ3) is 6.79. The number of nitrogens with zero attached hydrogens (tertiary/aromatic N) is 2. The number of carbonyl (C=O) groups is 4. The summed E-state index contributed by atoms with van der Waals surface area (Å²) in [5, 5.41) is 2.30. The van der Waals surface area contributed by atoms with E-state index in [0.717, 1.165) is 33.4 Å². The smallest absolute Gasteiger partial charge is 0.294 e. The Bertz CT molecular complexity index is 1310. The lowest BCUT2D eigenvalue weighted by molar-refractivity contribution is -0.137. The lowest BCUT2D eigenvalue weighted by Gasteiger charge is -2.26. The van der Waals surface area contributed by atoms with Crippen LogP contribution in [-0.4, -0.2) is 79.3 Å². The minimum atomic E-state index is -0.548. The zero-order chi connectivity index (χ0) is 28.1.